The van der Waals surface area contributed by atoms with Crippen molar-refractivity contribution in [1.82, 2.24) is 20.1 Å². The lowest BCUT2D eigenvalue weighted by Gasteiger charge is -2.19. The van der Waals surface area contributed by atoms with Crippen LogP contribution in [-0.2, 0) is 7.05 Å². The summed E-state index contributed by atoms with van der Waals surface area (Å²) in [4.78, 5) is 5.78. The second kappa shape index (κ2) is 6.37. The minimum Gasteiger partial charge on any atom is -0.493 e. The zero-order valence-electron chi connectivity index (χ0n) is 12.7. The summed E-state index contributed by atoms with van der Waals surface area (Å²) >= 11 is 1.73. The van der Waals surface area contributed by atoms with E-state index in [0.717, 1.165) is 35.1 Å². The standard InChI is InChI=1S/C14H22N4OS/c1-6-7-15-12(14-9(2)17-10(3)20-14)13-11(19-5)8-16-18(13)4/h8,12,15H,6-7H2,1-5H3. The normalized spacial score (nSPS) is 12.7. The van der Waals surface area contributed by atoms with Crippen LogP contribution < -0.4 is 10.1 Å². The van der Waals surface area contributed by atoms with Gasteiger partial charge in [0.2, 0.25) is 0 Å². The van der Waals surface area contributed by atoms with Crippen LogP contribution in [0.15, 0.2) is 6.20 Å². The van der Waals surface area contributed by atoms with Gasteiger partial charge in [-0.2, -0.15) is 5.10 Å². The first-order valence-electron chi connectivity index (χ1n) is 6.81. The number of rotatable bonds is 6. The molecular formula is C14H22N4OS. The second-order valence-corrected chi connectivity index (χ2v) is 6.03. The number of thiazole rings is 1. The number of methoxy groups -OCH3 is 1. The average Bonchev–Trinajstić information content (AvgIpc) is 2.94. The third kappa shape index (κ3) is 2.86. The lowest BCUT2D eigenvalue weighted by molar-refractivity contribution is 0.401. The van der Waals surface area contributed by atoms with E-state index >= 15 is 0 Å². The van der Waals surface area contributed by atoms with Crippen LogP contribution in [0.5, 0.6) is 5.75 Å². The summed E-state index contributed by atoms with van der Waals surface area (Å²) in [6, 6.07) is 0.0728. The maximum Gasteiger partial charge on any atom is 0.161 e. The molecule has 0 radical (unpaired) electrons. The third-order valence-corrected chi connectivity index (χ3v) is 4.38. The Hall–Kier alpha value is -1.40. The maximum absolute atomic E-state index is 5.46. The molecule has 0 aliphatic carbocycles. The fourth-order valence-electron chi connectivity index (χ4n) is 2.33. The molecule has 0 bridgehead atoms. The Labute approximate surface area is 124 Å². The quantitative estimate of drug-likeness (QED) is 0.889. The van der Waals surface area contributed by atoms with Gasteiger partial charge in [-0.15, -0.1) is 11.3 Å². The molecule has 1 atom stereocenters. The number of hydrogen-bond acceptors (Lipinski definition) is 5. The van der Waals surface area contributed by atoms with Crippen molar-refractivity contribution in [2.75, 3.05) is 13.7 Å². The minimum atomic E-state index is 0.0728. The van der Waals surface area contributed by atoms with Gasteiger partial charge in [0.1, 0.15) is 5.69 Å². The molecule has 6 heteroatoms. The van der Waals surface area contributed by atoms with E-state index in [0.29, 0.717) is 0 Å². The van der Waals surface area contributed by atoms with Gasteiger partial charge in [-0.05, 0) is 26.8 Å². The molecule has 2 heterocycles. The Morgan fingerprint density at radius 1 is 1.45 bits per heavy atom. The lowest BCUT2D eigenvalue weighted by atomic mass is 10.1. The first kappa shape index (κ1) is 15.0. The highest BCUT2D eigenvalue weighted by molar-refractivity contribution is 7.11. The van der Waals surface area contributed by atoms with Crippen LogP contribution in [-0.4, -0.2) is 28.4 Å². The summed E-state index contributed by atoms with van der Waals surface area (Å²) in [5.74, 6) is 0.812. The van der Waals surface area contributed by atoms with E-state index in [-0.39, 0.29) is 6.04 Å². The molecule has 0 aliphatic rings. The Balaban J connectivity index is 2.46. The molecule has 0 saturated carbocycles. The van der Waals surface area contributed by atoms with Crippen LogP contribution in [0, 0.1) is 13.8 Å². The Kier molecular flexibility index (Phi) is 4.77. The number of aryl methyl sites for hydroxylation is 3. The van der Waals surface area contributed by atoms with Gasteiger partial charge in [0.25, 0.3) is 0 Å². The molecular weight excluding hydrogens is 272 g/mol. The van der Waals surface area contributed by atoms with E-state index in [1.165, 1.54) is 4.88 Å². The zero-order chi connectivity index (χ0) is 14.7. The predicted molar refractivity (Wildman–Crippen MR) is 81.5 cm³/mol. The van der Waals surface area contributed by atoms with Crippen molar-refractivity contribution in [3.05, 3.63) is 27.5 Å². The summed E-state index contributed by atoms with van der Waals surface area (Å²) in [7, 11) is 3.63. The van der Waals surface area contributed by atoms with E-state index in [9.17, 15) is 0 Å². The monoisotopic (exact) mass is 294 g/mol. The summed E-state index contributed by atoms with van der Waals surface area (Å²) in [5, 5.41) is 8.99. The molecule has 0 spiro atoms. The van der Waals surface area contributed by atoms with Crippen molar-refractivity contribution < 1.29 is 4.74 Å². The first-order chi connectivity index (χ1) is 9.58. The molecule has 2 aromatic heterocycles. The first-order valence-corrected chi connectivity index (χ1v) is 7.63. The van der Waals surface area contributed by atoms with Gasteiger partial charge in [-0.25, -0.2) is 4.98 Å². The van der Waals surface area contributed by atoms with Gasteiger partial charge in [0, 0.05) is 7.05 Å². The van der Waals surface area contributed by atoms with Gasteiger partial charge >= 0.3 is 0 Å². The highest BCUT2D eigenvalue weighted by Crippen LogP contribution is 2.34. The van der Waals surface area contributed by atoms with Crippen LogP contribution >= 0.6 is 11.3 Å². The number of nitrogens with one attached hydrogen (secondary N) is 1. The van der Waals surface area contributed by atoms with E-state index in [1.807, 2.05) is 18.7 Å². The molecule has 0 aromatic carbocycles. The van der Waals surface area contributed by atoms with Gasteiger partial charge in [0.15, 0.2) is 5.75 Å². The molecule has 110 valence electrons. The number of hydrogen-bond donors (Lipinski definition) is 1. The average molecular weight is 294 g/mol. The fourth-order valence-corrected chi connectivity index (χ4v) is 3.34. The van der Waals surface area contributed by atoms with E-state index in [1.54, 1.807) is 24.6 Å². The lowest BCUT2D eigenvalue weighted by Crippen LogP contribution is -2.25. The number of nitrogens with zero attached hydrogens (tertiary/aromatic N) is 3. The molecule has 1 N–H and O–H groups in total. The maximum atomic E-state index is 5.46. The predicted octanol–water partition coefficient (Wildman–Crippen LogP) is 2.59. The van der Waals surface area contributed by atoms with Crippen molar-refractivity contribution in [2.24, 2.45) is 7.05 Å². The van der Waals surface area contributed by atoms with E-state index < -0.39 is 0 Å². The topological polar surface area (TPSA) is 52.0 Å². The fraction of sp³-hybridized carbons (Fsp3) is 0.571. The van der Waals surface area contributed by atoms with Crippen molar-refractivity contribution in [3.63, 3.8) is 0 Å². The Morgan fingerprint density at radius 3 is 2.75 bits per heavy atom. The molecule has 0 amide bonds. The van der Waals surface area contributed by atoms with Crippen LogP contribution in [0.1, 0.15) is 40.7 Å². The minimum absolute atomic E-state index is 0.0728. The van der Waals surface area contributed by atoms with Gasteiger partial charge in [0.05, 0.1) is 34.9 Å². The molecule has 2 aromatic rings. The van der Waals surface area contributed by atoms with Crippen molar-refractivity contribution in [2.45, 2.75) is 33.2 Å². The SMILES string of the molecule is CCCNC(c1sc(C)nc1C)c1c(OC)cnn1C. The highest BCUT2D eigenvalue weighted by atomic mass is 32.1. The van der Waals surface area contributed by atoms with E-state index in [4.69, 9.17) is 4.74 Å². The largest absolute Gasteiger partial charge is 0.493 e. The molecule has 1 unspecified atom stereocenters. The highest BCUT2D eigenvalue weighted by Gasteiger charge is 2.25. The van der Waals surface area contributed by atoms with Crippen LogP contribution in [0.3, 0.4) is 0 Å². The molecule has 5 nitrogen and oxygen atoms in total. The van der Waals surface area contributed by atoms with Crippen molar-refractivity contribution >= 4 is 11.3 Å². The molecule has 0 fully saturated rings. The summed E-state index contributed by atoms with van der Waals surface area (Å²) < 4.78 is 7.33. The number of ether oxygens (including phenoxy) is 1. The van der Waals surface area contributed by atoms with Gasteiger partial charge in [-0.3, -0.25) is 4.68 Å². The number of aromatic nitrogens is 3. The zero-order valence-corrected chi connectivity index (χ0v) is 13.5. The molecule has 20 heavy (non-hydrogen) atoms. The van der Waals surface area contributed by atoms with Gasteiger partial charge in [-0.1, -0.05) is 6.92 Å². The van der Waals surface area contributed by atoms with Gasteiger partial charge < -0.3 is 10.1 Å². The van der Waals surface area contributed by atoms with E-state index in [2.05, 4.69) is 29.2 Å². The summed E-state index contributed by atoms with van der Waals surface area (Å²) in [5.41, 5.74) is 2.12. The van der Waals surface area contributed by atoms with Crippen molar-refractivity contribution in [3.8, 4) is 5.75 Å². The van der Waals surface area contributed by atoms with Crippen LogP contribution in [0.4, 0.5) is 0 Å². The summed E-state index contributed by atoms with van der Waals surface area (Å²) in [6.07, 6.45) is 2.84. The van der Waals surface area contributed by atoms with Crippen LogP contribution in [0.2, 0.25) is 0 Å². The molecule has 0 aliphatic heterocycles. The third-order valence-electron chi connectivity index (χ3n) is 3.24. The Morgan fingerprint density at radius 2 is 2.20 bits per heavy atom. The summed E-state index contributed by atoms with van der Waals surface area (Å²) in [6.45, 7) is 7.20. The van der Waals surface area contributed by atoms with Crippen molar-refractivity contribution in [1.29, 1.82) is 0 Å². The smallest absolute Gasteiger partial charge is 0.161 e. The molecule has 0 saturated heterocycles. The second-order valence-electron chi connectivity index (χ2n) is 4.79. The molecule has 2 rings (SSSR count). The van der Waals surface area contributed by atoms with Crippen LogP contribution in [0.25, 0.3) is 0 Å². The Bertz CT molecular complexity index is 576.